The van der Waals surface area contributed by atoms with Gasteiger partial charge in [-0.05, 0) is 75.7 Å². The molecule has 3 aromatic carbocycles. The van der Waals surface area contributed by atoms with Gasteiger partial charge in [-0.3, -0.25) is 4.79 Å². The number of anilines is 5. The lowest BCUT2D eigenvalue weighted by Crippen LogP contribution is -2.25. The van der Waals surface area contributed by atoms with Crippen molar-refractivity contribution in [1.29, 1.82) is 0 Å². The van der Waals surface area contributed by atoms with Crippen LogP contribution in [0.2, 0.25) is 0 Å². The number of hydrogen-bond donors (Lipinski definition) is 2. The van der Waals surface area contributed by atoms with E-state index in [0.29, 0.717) is 11.2 Å². The van der Waals surface area contributed by atoms with Crippen LogP contribution in [0.3, 0.4) is 0 Å². The van der Waals surface area contributed by atoms with Crippen molar-refractivity contribution in [2.45, 2.75) is 38.1 Å². The van der Waals surface area contributed by atoms with Crippen LogP contribution in [-0.2, 0) is 4.79 Å². The van der Waals surface area contributed by atoms with E-state index >= 15 is 0 Å². The lowest BCUT2D eigenvalue weighted by atomic mass is 10.1. The fraction of sp³-hybridized carbons (Fsp3) is 0.222. The number of para-hydroxylation sites is 1. The largest absolute Gasteiger partial charge is 0.339 e. The van der Waals surface area contributed by atoms with Gasteiger partial charge in [-0.1, -0.05) is 59.0 Å². The molecule has 0 aliphatic rings. The van der Waals surface area contributed by atoms with Crippen molar-refractivity contribution in [3.63, 3.8) is 0 Å². The summed E-state index contributed by atoms with van der Waals surface area (Å²) < 4.78 is 0.748. The van der Waals surface area contributed by atoms with Crippen LogP contribution in [0.25, 0.3) is 0 Å². The van der Waals surface area contributed by atoms with Crippen molar-refractivity contribution >= 4 is 56.9 Å². The van der Waals surface area contributed by atoms with E-state index in [2.05, 4.69) is 77.7 Å². The number of nitrogens with zero attached hydrogens (tertiary/aromatic N) is 3. The Morgan fingerprint density at radius 1 is 0.971 bits per heavy atom. The zero-order valence-electron chi connectivity index (χ0n) is 20.3. The minimum atomic E-state index is -0.0781. The van der Waals surface area contributed by atoms with Crippen molar-refractivity contribution in [3.05, 3.63) is 83.9 Å². The first-order valence-electron chi connectivity index (χ1n) is 11.4. The van der Waals surface area contributed by atoms with Gasteiger partial charge in [-0.25, -0.2) is 0 Å². The molecular weight excluding hydrogens is 474 g/mol. The minimum Gasteiger partial charge on any atom is -0.339 e. The van der Waals surface area contributed by atoms with E-state index in [1.165, 1.54) is 28.7 Å². The molecule has 0 unspecified atom stereocenters. The van der Waals surface area contributed by atoms with Gasteiger partial charge in [0.1, 0.15) is 0 Å². The summed E-state index contributed by atoms with van der Waals surface area (Å²) in [7, 11) is 0. The van der Waals surface area contributed by atoms with Gasteiger partial charge in [0, 0.05) is 28.8 Å². The van der Waals surface area contributed by atoms with Gasteiger partial charge in [0.25, 0.3) is 0 Å². The summed E-state index contributed by atoms with van der Waals surface area (Å²) in [5.74, 6) is 0.188. The Morgan fingerprint density at radius 2 is 1.69 bits per heavy atom. The van der Waals surface area contributed by atoms with Crippen molar-refractivity contribution in [2.24, 2.45) is 0 Å². The second-order valence-electron chi connectivity index (χ2n) is 8.50. The highest BCUT2D eigenvalue weighted by atomic mass is 32.2. The molecule has 35 heavy (non-hydrogen) atoms. The van der Waals surface area contributed by atoms with Crippen LogP contribution in [0.15, 0.2) is 77.1 Å². The smallest absolute Gasteiger partial charge is 0.234 e. The Morgan fingerprint density at radius 3 is 2.37 bits per heavy atom. The molecule has 0 saturated carbocycles. The van der Waals surface area contributed by atoms with E-state index in [1.807, 2.05) is 48.5 Å². The standard InChI is InChI=1S/C27H29N5OS2/c1-18(2)32(22-8-6-5-7-9-22)23-13-11-21(12-14-23)28-25(33)17-34-27-31-30-26(35-27)29-24-15-10-19(3)16-20(24)4/h5-16,18H,17H2,1-4H3,(H,28,33)(H,29,30). The molecular formula is C27H29N5OS2. The fourth-order valence-electron chi connectivity index (χ4n) is 3.75. The Kier molecular flexibility index (Phi) is 8.05. The minimum absolute atomic E-state index is 0.0781. The van der Waals surface area contributed by atoms with Gasteiger partial charge >= 0.3 is 0 Å². The average Bonchev–Trinajstić information content (AvgIpc) is 3.29. The molecule has 8 heteroatoms. The van der Waals surface area contributed by atoms with Crippen molar-refractivity contribution in [1.82, 2.24) is 10.2 Å². The highest BCUT2D eigenvalue weighted by molar-refractivity contribution is 8.01. The maximum Gasteiger partial charge on any atom is 0.234 e. The van der Waals surface area contributed by atoms with Gasteiger partial charge < -0.3 is 15.5 Å². The average molecular weight is 504 g/mol. The predicted molar refractivity (Wildman–Crippen MR) is 149 cm³/mol. The SMILES string of the molecule is Cc1ccc(Nc2nnc(SCC(=O)Nc3ccc(N(c4ccccc4)C(C)C)cc3)s2)c(C)c1. The molecule has 0 aliphatic carbocycles. The van der Waals surface area contributed by atoms with Crippen molar-refractivity contribution in [2.75, 3.05) is 21.3 Å². The van der Waals surface area contributed by atoms with E-state index in [-0.39, 0.29) is 11.7 Å². The summed E-state index contributed by atoms with van der Waals surface area (Å²) >= 11 is 2.82. The lowest BCUT2D eigenvalue weighted by molar-refractivity contribution is -0.113. The van der Waals surface area contributed by atoms with Gasteiger partial charge in [0.15, 0.2) is 4.34 Å². The Hall–Kier alpha value is -3.36. The quantitative estimate of drug-likeness (QED) is 0.236. The zero-order valence-corrected chi connectivity index (χ0v) is 21.9. The van der Waals surface area contributed by atoms with Crippen LogP contribution in [-0.4, -0.2) is 27.9 Å². The van der Waals surface area contributed by atoms with Crippen molar-refractivity contribution in [3.8, 4) is 0 Å². The van der Waals surface area contributed by atoms with Crippen LogP contribution in [0.4, 0.5) is 27.9 Å². The molecule has 1 aromatic heterocycles. The molecule has 0 fully saturated rings. The Bertz CT molecular complexity index is 1270. The second kappa shape index (κ2) is 11.4. The highest BCUT2D eigenvalue weighted by Crippen LogP contribution is 2.30. The summed E-state index contributed by atoms with van der Waals surface area (Å²) in [6, 6.07) is 24.8. The molecule has 4 aromatic rings. The summed E-state index contributed by atoms with van der Waals surface area (Å²) in [4.78, 5) is 14.8. The number of carbonyl (C=O) groups is 1. The lowest BCUT2D eigenvalue weighted by Gasteiger charge is -2.29. The van der Waals surface area contributed by atoms with E-state index in [1.54, 1.807) is 0 Å². The van der Waals surface area contributed by atoms with Crippen LogP contribution < -0.4 is 15.5 Å². The van der Waals surface area contributed by atoms with Crippen molar-refractivity contribution < 1.29 is 4.79 Å². The van der Waals surface area contributed by atoms with Gasteiger partial charge in [-0.2, -0.15) is 0 Å². The van der Waals surface area contributed by atoms with Crippen LogP contribution in [0.5, 0.6) is 0 Å². The molecule has 4 rings (SSSR count). The number of rotatable bonds is 9. The molecule has 6 nitrogen and oxygen atoms in total. The predicted octanol–water partition coefficient (Wildman–Crippen LogP) is 7.18. The molecule has 0 spiro atoms. The number of amides is 1. The van der Waals surface area contributed by atoms with E-state index in [9.17, 15) is 4.79 Å². The summed E-state index contributed by atoms with van der Waals surface area (Å²) in [5.41, 5.74) is 6.37. The number of aromatic nitrogens is 2. The van der Waals surface area contributed by atoms with E-state index in [4.69, 9.17) is 0 Å². The third-order valence-corrected chi connectivity index (χ3v) is 7.31. The monoisotopic (exact) mass is 503 g/mol. The maximum atomic E-state index is 12.5. The van der Waals surface area contributed by atoms with Gasteiger partial charge in [0.05, 0.1) is 5.75 Å². The molecule has 0 saturated heterocycles. The van der Waals surface area contributed by atoms with Gasteiger partial charge in [-0.15, -0.1) is 10.2 Å². The molecule has 0 aliphatic heterocycles. The van der Waals surface area contributed by atoms with E-state index < -0.39 is 0 Å². The number of benzene rings is 3. The van der Waals surface area contributed by atoms with Crippen LogP contribution in [0.1, 0.15) is 25.0 Å². The van der Waals surface area contributed by atoms with E-state index in [0.717, 1.165) is 32.7 Å². The number of nitrogens with one attached hydrogen (secondary N) is 2. The summed E-state index contributed by atoms with van der Waals surface area (Å²) in [5, 5.41) is 15.4. The van der Waals surface area contributed by atoms with Crippen LogP contribution >= 0.6 is 23.1 Å². The molecule has 1 heterocycles. The molecule has 1 amide bonds. The first kappa shape index (κ1) is 24.8. The topological polar surface area (TPSA) is 70.1 Å². The third-order valence-electron chi connectivity index (χ3n) is 5.34. The summed E-state index contributed by atoms with van der Waals surface area (Å²) in [6.45, 7) is 8.46. The number of thioether (sulfide) groups is 1. The first-order valence-corrected chi connectivity index (χ1v) is 13.2. The summed E-state index contributed by atoms with van der Waals surface area (Å²) in [6.07, 6.45) is 0. The molecule has 0 atom stereocenters. The number of carbonyl (C=O) groups excluding carboxylic acids is 1. The maximum absolute atomic E-state index is 12.5. The van der Waals surface area contributed by atoms with Gasteiger partial charge in [0.2, 0.25) is 11.0 Å². The normalized spacial score (nSPS) is 10.9. The first-order chi connectivity index (χ1) is 16.9. The molecule has 180 valence electrons. The highest BCUT2D eigenvalue weighted by Gasteiger charge is 2.14. The Balaban J connectivity index is 1.31. The number of aryl methyl sites for hydroxylation is 2. The van der Waals surface area contributed by atoms with Crippen LogP contribution in [0, 0.1) is 13.8 Å². The molecule has 2 N–H and O–H groups in total. The second-order valence-corrected chi connectivity index (χ2v) is 10.7. The third kappa shape index (κ3) is 6.61. The zero-order chi connectivity index (χ0) is 24.8. The number of hydrogen-bond acceptors (Lipinski definition) is 7. The molecule has 0 bridgehead atoms. The molecule has 0 radical (unpaired) electrons. The fourth-order valence-corrected chi connectivity index (χ4v) is 5.32. The Labute approximate surface area is 214 Å².